The SMILES string of the molecule is Fc1cc(F)c(C(Br)CC2CC2)c(F)c1. The Bertz CT molecular complexity index is 351. The van der Waals surface area contributed by atoms with Crippen LogP contribution in [0.4, 0.5) is 13.2 Å². The maximum Gasteiger partial charge on any atom is 0.133 e. The summed E-state index contributed by atoms with van der Waals surface area (Å²) < 4.78 is 39.3. The number of rotatable bonds is 3. The molecular formula is C11H10BrF3. The van der Waals surface area contributed by atoms with Crippen LogP contribution in [-0.2, 0) is 0 Å². The van der Waals surface area contributed by atoms with Gasteiger partial charge in [-0.05, 0) is 12.3 Å². The second-order valence-corrected chi connectivity index (χ2v) is 5.04. The molecule has 1 aliphatic carbocycles. The largest absolute Gasteiger partial charge is 0.207 e. The van der Waals surface area contributed by atoms with Gasteiger partial charge in [-0.3, -0.25) is 0 Å². The van der Waals surface area contributed by atoms with Gasteiger partial charge < -0.3 is 0 Å². The van der Waals surface area contributed by atoms with Gasteiger partial charge in [0.25, 0.3) is 0 Å². The van der Waals surface area contributed by atoms with Gasteiger partial charge in [0.15, 0.2) is 0 Å². The lowest BCUT2D eigenvalue weighted by Gasteiger charge is -2.11. The monoisotopic (exact) mass is 278 g/mol. The Hall–Kier alpha value is -0.510. The summed E-state index contributed by atoms with van der Waals surface area (Å²) in [5.74, 6) is -1.94. The van der Waals surface area contributed by atoms with Crippen LogP contribution in [0, 0.1) is 23.4 Å². The summed E-state index contributed by atoms with van der Waals surface area (Å²) in [7, 11) is 0. The highest BCUT2D eigenvalue weighted by atomic mass is 79.9. The summed E-state index contributed by atoms with van der Waals surface area (Å²) in [6.07, 6.45) is 2.94. The molecule has 0 nitrogen and oxygen atoms in total. The van der Waals surface area contributed by atoms with Gasteiger partial charge in [-0.25, -0.2) is 13.2 Å². The van der Waals surface area contributed by atoms with E-state index in [2.05, 4.69) is 15.9 Å². The van der Waals surface area contributed by atoms with E-state index in [9.17, 15) is 13.2 Å². The van der Waals surface area contributed by atoms with Gasteiger partial charge in [0, 0.05) is 22.5 Å². The fourth-order valence-electron chi connectivity index (χ4n) is 1.62. The molecule has 0 aromatic heterocycles. The van der Waals surface area contributed by atoms with Crippen molar-refractivity contribution in [1.29, 1.82) is 0 Å². The van der Waals surface area contributed by atoms with Crippen molar-refractivity contribution in [2.75, 3.05) is 0 Å². The summed E-state index contributed by atoms with van der Waals surface area (Å²) in [4.78, 5) is -0.356. The first-order valence-corrected chi connectivity index (χ1v) is 5.78. The van der Waals surface area contributed by atoms with Crippen molar-refractivity contribution < 1.29 is 13.2 Å². The molecule has 0 aliphatic heterocycles. The number of benzene rings is 1. The van der Waals surface area contributed by atoms with Gasteiger partial charge in [-0.1, -0.05) is 28.8 Å². The van der Waals surface area contributed by atoms with E-state index in [0.717, 1.165) is 25.0 Å². The second-order valence-electron chi connectivity index (χ2n) is 3.93. The van der Waals surface area contributed by atoms with Crippen LogP contribution in [0.3, 0.4) is 0 Å². The summed E-state index contributed by atoms with van der Waals surface area (Å²) in [5, 5.41) is 0. The molecule has 0 spiro atoms. The average Bonchev–Trinajstić information content (AvgIpc) is 2.85. The van der Waals surface area contributed by atoms with E-state index >= 15 is 0 Å². The standard InChI is InChI=1S/C11H10BrF3/c12-8(3-6-1-2-6)11-9(14)4-7(13)5-10(11)15/h4-6,8H,1-3H2. The maximum atomic E-state index is 13.3. The first-order chi connectivity index (χ1) is 7.08. The number of hydrogen-bond donors (Lipinski definition) is 0. The lowest BCUT2D eigenvalue weighted by molar-refractivity contribution is 0.515. The van der Waals surface area contributed by atoms with Crippen LogP contribution >= 0.6 is 15.9 Å². The molecule has 1 unspecified atom stereocenters. The van der Waals surface area contributed by atoms with E-state index < -0.39 is 17.5 Å². The Morgan fingerprint density at radius 1 is 1.20 bits per heavy atom. The molecule has 0 N–H and O–H groups in total. The number of alkyl halides is 1. The van der Waals surface area contributed by atoms with Gasteiger partial charge in [0.2, 0.25) is 0 Å². The molecule has 2 rings (SSSR count). The van der Waals surface area contributed by atoms with E-state index in [4.69, 9.17) is 0 Å². The average molecular weight is 279 g/mol. The van der Waals surface area contributed by atoms with Crippen molar-refractivity contribution >= 4 is 15.9 Å². The molecule has 15 heavy (non-hydrogen) atoms. The Kier molecular flexibility index (Phi) is 3.05. The van der Waals surface area contributed by atoms with Crippen molar-refractivity contribution in [3.8, 4) is 0 Å². The highest BCUT2D eigenvalue weighted by molar-refractivity contribution is 9.09. The van der Waals surface area contributed by atoms with Crippen molar-refractivity contribution in [3.05, 3.63) is 35.1 Å². The van der Waals surface area contributed by atoms with Crippen LogP contribution in [-0.4, -0.2) is 0 Å². The van der Waals surface area contributed by atoms with Crippen molar-refractivity contribution in [1.82, 2.24) is 0 Å². The molecule has 1 aliphatic rings. The van der Waals surface area contributed by atoms with Crippen LogP contribution in [0.5, 0.6) is 0 Å². The molecule has 1 aromatic rings. The Labute approximate surface area is 94.6 Å². The molecule has 82 valence electrons. The molecule has 1 atom stereocenters. The molecule has 0 bridgehead atoms. The highest BCUT2D eigenvalue weighted by Crippen LogP contribution is 2.42. The molecule has 1 fully saturated rings. The summed E-state index contributed by atoms with van der Waals surface area (Å²) >= 11 is 3.25. The summed E-state index contributed by atoms with van der Waals surface area (Å²) in [5.41, 5.74) is -0.0525. The van der Waals surface area contributed by atoms with Gasteiger partial charge in [-0.2, -0.15) is 0 Å². The quantitative estimate of drug-likeness (QED) is 0.722. The predicted molar refractivity (Wildman–Crippen MR) is 55.3 cm³/mol. The number of halogens is 4. The van der Waals surface area contributed by atoms with Crippen LogP contribution < -0.4 is 0 Å². The lowest BCUT2D eigenvalue weighted by atomic mass is 10.1. The van der Waals surface area contributed by atoms with Crippen LogP contribution in [0.15, 0.2) is 12.1 Å². The third-order valence-electron chi connectivity index (χ3n) is 2.59. The number of hydrogen-bond acceptors (Lipinski definition) is 0. The zero-order valence-corrected chi connectivity index (χ0v) is 9.53. The van der Waals surface area contributed by atoms with Crippen LogP contribution in [0.2, 0.25) is 0 Å². The zero-order chi connectivity index (χ0) is 11.0. The highest BCUT2D eigenvalue weighted by Gasteiger charge is 2.28. The molecule has 0 heterocycles. The molecular weight excluding hydrogens is 269 g/mol. The van der Waals surface area contributed by atoms with Gasteiger partial charge >= 0.3 is 0 Å². The summed E-state index contributed by atoms with van der Waals surface area (Å²) in [6.45, 7) is 0. The lowest BCUT2D eigenvalue weighted by Crippen LogP contribution is -2.01. The zero-order valence-electron chi connectivity index (χ0n) is 7.94. The Morgan fingerprint density at radius 3 is 2.20 bits per heavy atom. The van der Waals surface area contributed by atoms with Crippen LogP contribution in [0.1, 0.15) is 29.7 Å². The minimum Gasteiger partial charge on any atom is -0.207 e. The fraction of sp³-hybridized carbons (Fsp3) is 0.455. The minimum absolute atomic E-state index is 0.0525. The van der Waals surface area contributed by atoms with E-state index in [1.807, 2.05) is 0 Å². The molecule has 0 amide bonds. The Balaban J connectivity index is 2.24. The third-order valence-corrected chi connectivity index (χ3v) is 3.43. The topological polar surface area (TPSA) is 0 Å². The van der Waals surface area contributed by atoms with E-state index in [1.165, 1.54) is 0 Å². The smallest absolute Gasteiger partial charge is 0.133 e. The van der Waals surface area contributed by atoms with E-state index in [0.29, 0.717) is 12.3 Å². The van der Waals surface area contributed by atoms with Crippen molar-refractivity contribution in [2.45, 2.75) is 24.1 Å². The second kappa shape index (κ2) is 4.16. The fourth-order valence-corrected chi connectivity index (χ4v) is 2.58. The molecule has 0 radical (unpaired) electrons. The van der Waals surface area contributed by atoms with Gasteiger partial charge in [0.1, 0.15) is 17.5 Å². The third kappa shape index (κ3) is 2.54. The van der Waals surface area contributed by atoms with Crippen molar-refractivity contribution in [3.63, 3.8) is 0 Å². The maximum absolute atomic E-state index is 13.3. The molecule has 4 heteroatoms. The Morgan fingerprint density at radius 2 is 1.73 bits per heavy atom. The van der Waals surface area contributed by atoms with Crippen molar-refractivity contribution in [2.24, 2.45) is 5.92 Å². The first kappa shape index (κ1) is 11.0. The first-order valence-electron chi connectivity index (χ1n) is 4.86. The van der Waals surface area contributed by atoms with E-state index in [1.54, 1.807) is 0 Å². The van der Waals surface area contributed by atoms with Gasteiger partial charge in [0.05, 0.1) is 0 Å². The minimum atomic E-state index is -0.875. The molecule has 1 aromatic carbocycles. The summed E-state index contributed by atoms with van der Waals surface area (Å²) in [6, 6.07) is 1.44. The van der Waals surface area contributed by atoms with Crippen LogP contribution in [0.25, 0.3) is 0 Å². The van der Waals surface area contributed by atoms with E-state index in [-0.39, 0.29) is 10.4 Å². The molecule has 1 saturated carbocycles. The normalized spacial score (nSPS) is 17.9. The predicted octanol–water partition coefficient (Wildman–Crippen LogP) is 4.34. The molecule has 0 saturated heterocycles. The van der Waals surface area contributed by atoms with Gasteiger partial charge in [-0.15, -0.1) is 0 Å².